The molecular formula is C58H51N. The molecule has 59 heavy (non-hydrogen) atoms. The average molecular weight is 762 g/mol. The summed E-state index contributed by atoms with van der Waals surface area (Å²) in [5.41, 5.74) is 21.2. The molecule has 0 N–H and O–H groups in total. The Morgan fingerprint density at radius 3 is 1.63 bits per heavy atom. The van der Waals surface area contributed by atoms with Crippen molar-refractivity contribution in [2.45, 2.75) is 75.0 Å². The Morgan fingerprint density at radius 1 is 0.390 bits per heavy atom. The van der Waals surface area contributed by atoms with Gasteiger partial charge in [0.15, 0.2) is 0 Å². The van der Waals surface area contributed by atoms with Crippen LogP contribution in [0.1, 0.15) is 86.5 Å². The Bertz CT molecular complexity index is 2720. The molecule has 0 aliphatic heterocycles. The molecule has 5 fully saturated rings. The van der Waals surface area contributed by atoms with Gasteiger partial charge >= 0.3 is 0 Å². The van der Waals surface area contributed by atoms with Crippen LogP contribution in [0.4, 0.5) is 17.1 Å². The van der Waals surface area contributed by atoms with Crippen molar-refractivity contribution in [1.29, 1.82) is 0 Å². The second kappa shape index (κ2) is 12.9. The molecule has 0 aromatic heterocycles. The highest BCUT2D eigenvalue weighted by Crippen LogP contribution is 2.70. The van der Waals surface area contributed by atoms with E-state index in [1.807, 2.05) is 0 Å². The maximum absolute atomic E-state index is 2.65. The zero-order valence-corrected chi connectivity index (χ0v) is 33.9. The minimum absolute atomic E-state index is 0.0945. The van der Waals surface area contributed by atoms with Crippen LogP contribution in [0.15, 0.2) is 164 Å². The maximum atomic E-state index is 2.65. The Kier molecular flexibility index (Phi) is 7.49. The van der Waals surface area contributed by atoms with E-state index in [0.29, 0.717) is 0 Å². The Hall–Kier alpha value is -5.66. The second-order valence-electron chi connectivity index (χ2n) is 19.2. The first-order chi connectivity index (χ1) is 29.2. The number of benzene rings is 7. The number of anilines is 3. The zero-order chi connectivity index (χ0) is 38.7. The Labute approximate surface area is 349 Å². The van der Waals surface area contributed by atoms with E-state index in [1.165, 1.54) is 126 Å². The van der Waals surface area contributed by atoms with Crippen molar-refractivity contribution in [3.05, 3.63) is 186 Å². The molecule has 288 valence electrons. The fourth-order valence-corrected chi connectivity index (χ4v) is 14.4. The maximum Gasteiger partial charge on any atom is 0.0543 e. The van der Waals surface area contributed by atoms with Crippen LogP contribution in [0.2, 0.25) is 0 Å². The van der Waals surface area contributed by atoms with Gasteiger partial charge in [-0.25, -0.2) is 0 Å². The Morgan fingerprint density at radius 2 is 0.932 bits per heavy atom. The highest BCUT2D eigenvalue weighted by atomic mass is 15.1. The molecule has 0 heterocycles. The van der Waals surface area contributed by atoms with Crippen LogP contribution in [-0.4, -0.2) is 0 Å². The lowest BCUT2D eigenvalue weighted by atomic mass is 9.43. The van der Waals surface area contributed by atoms with Crippen LogP contribution in [0.25, 0.3) is 44.5 Å². The van der Waals surface area contributed by atoms with Crippen LogP contribution in [0.3, 0.4) is 0 Å². The summed E-state index contributed by atoms with van der Waals surface area (Å²) in [7, 11) is 0. The first-order valence-corrected chi connectivity index (χ1v) is 22.7. The molecular weight excluding hydrogens is 711 g/mol. The summed E-state index contributed by atoms with van der Waals surface area (Å²) in [5, 5.41) is 0. The number of rotatable bonds is 5. The van der Waals surface area contributed by atoms with Crippen molar-refractivity contribution in [3.8, 4) is 44.5 Å². The molecule has 0 radical (unpaired) electrons. The molecule has 7 aliphatic rings. The minimum atomic E-state index is 0.0945. The fourth-order valence-electron chi connectivity index (χ4n) is 14.4. The van der Waals surface area contributed by atoms with Crippen molar-refractivity contribution in [3.63, 3.8) is 0 Å². The molecule has 7 aromatic carbocycles. The third kappa shape index (κ3) is 4.85. The van der Waals surface area contributed by atoms with E-state index in [9.17, 15) is 0 Å². The van der Waals surface area contributed by atoms with E-state index in [-0.39, 0.29) is 10.8 Å². The normalized spacial score (nSPS) is 24.8. The second-order valence-corrected chi connectivity index (χ2v) is 19.2. The van der Waals surface area contributed by atoms with Crippen LogP contribution in [0, 0.1) is 23.7 Å². The molecule has 1 heteroatoms. The number of nitrogens with zero attached hydrogens (tertiary/aromatic N) is 1. The predicted molar refractivity (Wildman–Crippen MR) is 245 cm³/mol. The summed E-state index contributed by atoms with van der Waals surface area (Å²) in [6.07, 6.45) is 13.5. The van der Waals surface area contributed by atoms with Gasteiger partial charge in [-0.3, -0.25) is 0 Å². The highest BCUT2D eigenvalue weighted by Gasteiger charge is 2.62. The highest BCUT2D eigenvalue weighted by molar-refractivity contribution is 5.96. The summed E-state index contributed by atoms with van der Waals surface area (Å²) >= 11 is 0. The largest absolute Gasteiger partial charge is 0.310 e. The van der Waals surface area contributed by atoms with Crippen LogP contribution < -0.4 is 4.90 Å². The van der Waals surface area contributed by atoms with Crippen LogP contribution in [0.5, 0.6) is 0 Å². The zero-order valence-electron chi connectivity index (χ0n) is 33.9. The molecule has 0 amide bonds. The van der Waals surface area contributed by atoms with Crippen molar-refractivity contribution in [2.75, 3.05) is 4.90 Å². The van der Waals surface area contributed by atoms with Crippen molar-refractivity contribution < 1.29 is 0 Å². The molecule has 7 aromatic rings. The summed E-state index contributed by atoms with van der Waals surface area (Å²) < 4.78 is 0. The quantitative estimate of drug-likeness (QED) is 0.169. The van der Waals surface area contributed by atoms with Gasteiger partial charge in [0.2, 0.25) is 0 Å². The van der Waals surface area contributed by atoms with Gasteiger partial charge in [-0.1, -0.05) is 153 Å². The first-order valence-electron chi connectivity index (χ1n) is 22.7. The van der Waals surface area contributed by atoms with Crippen LogP contribution >= 0.6 is 0 Å². The SMILES string of the molecule is c1ccc(-c2ccc(-c3ccc(N(c4ccc5c(c4)C4(CCCCC4)c4ccccc4-5)c4cccc5c4-c4ccccc4C54C5CC6CC(C5)CC4C6)cc3)cc2)cc1. The molecule has 5 saturated carbocycles. The summed E-state index contributed by atoms with van der Waals surface area (Å²) in [6, 6.07) is 63.2. The lowest BCUT2D eigenvalue weighted by Gasteiger charge is -2.61. The number of hydrogen-bond acceptors (Lipinski definition) is 1. The van der Waals surface area contributed by atoms with Gasteiger partial charge in [0.25, 0.3) is 0 Å². The number of hydrogen-bond donors (Lipinski definition) is 0. The van der Waals surface area contributed by atoms with Gasteiger partial charge in [0, 0.05) is 27.8 Å². The standard InChI is InChI=1S/C58H51N/c1-3-12-40(13-4-1)41-20-22-42(23-21-41)43-24-26-46(27-25-43)59(47-28-29-49-48-14-5-7-16-51(48)57(54(49)37-47)30-9-2-10-31-57)55-19-11-18-53-56(55)50-15-6-8-17-52(50)58(53)44-33-38-32-39(35-44)36-45(58)34-38/h1,3-8,11-29,37-39,44-45H,2,9-10,30-36H2. The molecule has 14 rings (SSSR count). The molecule has 0 atom stereocenters. The molecule has 0 saturated heterocycles. The lowest BCUT2D eigenvalue weighted by molar-refractivity contribution is -0.0399. The molecule has 0 unspecified atom stereocenters. The Balaban J connectivity index is 0.990. The van der Waals surface area contributed by atoms with Gasteiger partial charge in [-0.2, -0.15) is 0 Å². The molecule has 1 nitrogen and oxygen atoms in total. The van der Waals surface area contributed by atoms with Gasteiger partial charge in [0.05, 0.1) is 5.69 Å². The van der Waals surface area contributed by atoms with Crippen molar-refractivity contribution >= 4 is 17.1 Å². The third-order valence-corrected chi connectivity index (χ3v) is 16.5. The molecule has 2 spiro atoms. The average Bonchev–Trinajstić information content (AvgIpc) is 3.74. The first kappa shape index (κ1) is 34.2. The number of fused-ring (bicyclic) bond motifs is 8. The third-order valence-electron chi connectivity index (χ3n) is 16.5. The van der Waals surface area contributed by atoms with E-state index < -0.39 is 0 Å². The fraction of sp³-hybridized carbons (Fsp3) is 0.276. The van der Waals surface area contributed by atoms with E-state index in [4.69, 9.17) is 0 Å². The van der Waals surface area contributed by atoms with Crippen molar-refractivity contribution in [2.24, 2.45) is 23.7 Å². The van der Waals surface area contributed by atoms with Gasteiger partial charge in [0.1, 0.15) is 0 Å². The summed E-state index contributed by atoms with van der Waals surface area (Å²) in [4.78, 5) is 2.65. The van der Waals surface area contributed by atoms with Gasteiger partial charge in [-0.05, 0) is 160 Å². The monoisotopic (exact) mass is 761 g/mol. The summed E-state index contributed by atoms with van der Waals surface area (Å²) in [6.45, 7) is 0. The molecule has 4 bridgehead atoms. The lowest BCUT2D eigenvalue weighted by Crippen LogP contribution is -2.55. The van der Waals surface area contributed by atoms with E-state index in [0.717, 1.165) is 23.7 Å². The minimum Gasteiger partial charge on any atom is -0.310 e. The van der Waals surface area contributed by atoms with Gasteiger partial charge in [-0.15, -0.1) is 0 Å². The van der Waals surface area contributed by atoms with E-state index >= 15 is 0 Å². The van der Waals surface area contributed by atoms with E-state index in [1.54, 1.807) is 22.3 Å². The van der Waals surface area contributed by atoms with E-state index in [2.05, 4.69) is 169 Å². The van der Waals surface area contributed by atoms with Crippen molar-refractivity contribution in [1.82, 2.24) is 0 Å². The topological polar surface area (TPSA) is 3.24 Å². The smallest absolute Gasteiger partial charge is 0.0543 e. The predicted octanol–water partition coefficient (Wildman–Crippen LogP) is 15.4. The molecule has 7 aliphatic carbocycles. The summed E-state index contributed by atoms with van der Waals surface area (Å²) in [5.74, 6) is 3.33. The van der Waals surface area contributed by atoms with Crippen LogP contribution in [-0.2, 0) is 10.8 Å². The van der Waals surface area contributed by atoms with Gasteiger partial charge < -0.3 is 4.90 Å².